The molecule has 13 heavy (non-hydrogen) atoms. The molecule has 1 unspecified atom stereocenters. The first kappa shape index (κ1) is 11.1. The molecule has 1 atom stereocenters. The van der Waals surface area contributed by atoms with Gasteiger partial charge in [-0.05, 0) is 18.2 Å². The van der Waals surface area contributed by atoms with E-state index in [0.717, 1.165) is 32.7 Å². The van der Waals surface area contributed by atoms with Crippen molar-refractivity contribution in [3.63, 3.8) is 0 Å². The summed E-state index contributed by atoms with van der Waals surface area (Å²) in [5.74, 6) is 0. The Morgan fingerprint density at radius 1 is 1.69 bits per heavy atom. The van der Waals surface area contributed by atoms with Crippen LogP contribution in [0.4, 0.5) is 0 Å². The number of hydrogen-bond acceptors (Lipinski definition) is 3. The van der Waals surface area contributed by atoms with Crippen molar-refractivity contribution in [2.75, 3.05) is 32.6 Å². The summed E-state index contributed by atoms with van der Waals surface area (Å²) in [4.78, 5) is 0. The lowest BCUT2D eigenvalue weighted by atomic mass is 10.2. The van der Waals surface area contributed by atoms with Gasteiger partial charge in [-0.3, -0.25) is 0 Å². The van der Waals surface area contributed by atoms with Crippen LogP contribution in [0.3, 0.4) is 0 Å². The van der Waals surface area contributed by atoms with Crippen LogP contribution in [0.2, 0.25) is 0 Å². The zero-order chi connectivity index (χ0) is 9.52. The summed E-state index contributed by atoms with van der Waals surface area (Å²) in [5, 5.41) is 4.14. The van der Waals surface area contributed by atoms with Gasteiger partial charge in [0.2, 0.25) is 0 Å². The van der Waals surface area contributed by atoms with Crippen LogP contribution in [-0.2, 0) is 4.74 Å². The molecule has 0 bridgehead atoms. The highest BCUT2D eigenvalue weighted by molar-refractivity contribution is 7.99. The summed E-state index contributed by atoms with van der Waals surface area (Å²) >= 11 is 1.90. The molecule has 3 heteroatoms. The number of ether oxygens (including phenoxy) is 1. The van der Waals surface area contributed by atoms with Crippen LogP contribution in [0.5, 0.6) is 0 Å². The summed E-state index contributed by atoms with van der Waals surface area (Å²) in [6, 6.07) is 0. The third kappa shape index (κ3) is 4.69. The molecule has 0 saturated heterocycles. The number of nitrogens with one attached hydrogen (secondary N) is 1. The van der Waals surface area contributed by atoms with Gasteiger partial charge in [-0.1, -0.05) is 13.0 Å². The lowest BCUT2D eigenvalue weighted by molar-refractivity contribution is 0.149. The zero-order valence-electron chi connectivity index (χ0n) is 8.51. The molecule has 0 aromatic carbocycles. The monoisotopic (exact) mass is 201 g/mol. The smallest absolute Gasteiger partial charge is 0.0689 e. The van der Waals surface area contributed by atoms with Crippen LogP contribution in [0.1, 0.15) is 13.3 Å². The van der Waals surface area contributed by atoms with Crippen molar-refractivity contribution in [2.24, 2.45) is 0 Å². The van der Waals surface area contributed by atoms with Crippen molar-refractivity contribution >= 4 is 11.8 Å². The van der Waals surface area contributed by atoms with Gasteiger partial charge in [-0.15, -0.1) is 0 Å². The molecule has 0 fully saturated rings. The lowest BCUT2D eigenvalue weighted by Crippen LogP contribution is -2.26. The third-order valence-electron chi connectivity index (χ3n) is 2.17. The third-order valence-corrected chi connectivity index (χ3v) is 3.14. The maximum absolute atomic E-state index is 5.35. The Morgan fingerprint density at radius 3 is 3.15 bits per heavy atom. The number of hydrogen-bond donors (Lipinski definition) is 1. The Balaban J connectivity index is 2.08. The summed E-state index contributed by atoms with van der Waals surface area (Å²) in [6.45, 7) is 6.03. The predicted octanol–water partition coefficient (Wildman–Crippen LogP) is 1.67. The fourth-order valence-electron chi connectivity index (χ4n) is 1.25. The summed E-state index contributed by atoms with van der Waals surface area (Å²) in [5.41, 5.74) is 1.40. The Kier molecular flexibility index (Phi) is 5.51. The Labute approximate surface area is 85.1 Å². The lowest BCUT2D eigenvalue weighted by Gasteiger charge is -2.15. The van der Waals surface area contributed by atoms with Crippen molar-refractivity contribution in [1.29, 1.82) is 0 Å². The van der Waals surface area contributed by atoms with E-state index < -0.39 is 0 Å². The molecular weight excluding hydrogens is 182 g/mol. The number of rotatable bonds is 5. The summed E-state index contributed by atoms with van der Waals surface area (Å²) in [7, 11) is 0. The molecule has 0 aromatic heterocycles. The first-order chi connectivity index (χ1) is 6.33. The molecular formula is C10H19NOS. The summed E-state index contributed by atoms with van der Waals surface area (Å²) in [6.07, 6.45) is 5.52. The molecule has 76 valence electrons. The maximum atomic E-state index is 5.35. The first-order valence-electron chi connectivity index (χ1n) is 4.82. The molecule has 1 N–H and O–H groups in total. The molecule has 0 aliphatic carbocycles. The van der Waals surface area contributed by atoms with Gasteiger partial charge in [0.05, 0.1) is 13.2 Å². The zero-order valence-corrected chi connectivity index (χ0v) is 9.32. The molecule has 0 aromatic rings. The highest BCUT2D eigenvalue weighted by atomic mass is 32.2. The Hall–Kier alpha value is 0.01000. The van der Waals surface area contributed by atoms with Crippen LogP contribution < -0.4 is 5.32 Å². The van der Waals surface area contributed by atoms with Gasteiger partial charge in [-0.2, -0.15) is 11.8 Å². The second-order valence-electron chi connectivity index (χ2n) is 3.38. The van der Waals surface area contributed by atoms with Crippen molar-refractivity contribution < 1.29 is 4.74 Å². The normalized spacial score (nSPS) is 19.7. The SMILES string of the molecule is CSC(C)CNCC1=CCCOC1. The van der Waals surface area contributed by atoms with E-state index in [1.165, 1.54) is 5.57 Å². The highest BCUT2D eigenvalue weighted by Gasteiger charge is 2.03. The van der Waals surface area contributed by atoms with E-state index in [4.69, 9.17) is 4.74 Å². The van der Waals surface area contributed by atoms with Crippen LogP contribution in [0, 0.1) is 0 Å². The van der Waals surface area contributed by atoms with Gasteiger partial charge < -0.3 is 10.1 Å². The quantitative estimate of drug-likeness (QED) is 0.684. The van der Waals surface area contributed by atoms with E-state index >= 15 is 0 Å². The molecule has 0 saturated carbocycles. The van der Waals surface area contributed by atoms with Gasteiger partial charge >= 0.3 is 0 Å². The van der Waals surface area contributed by atoms with Crippen molar-refractivity contribution in [2.45, 2.75) is 18.6 Å². The first-order valence-corrected chi connectivity index (χ1v) is 6.11. The predicted molar refractivity (Wildman–Crippen MR) is 59.4 cm³/mol. The van der Waals surface area contributed by atoms with Gasteiger partial charge in [0.1, 0.15) is 0 Å². The largest absolute Gasteiger partial charge is 0.377 e. The highest BCUT2D eigenvalue weighted by Crippen LogP contribution is 2.05. The van der Waals surface area contributed by atoms with E-state index in [-0.39, 0.29) is 0 Å². The van der Waals surface area contributed by atoms with Crippen LogP contribution in [0.15, 0.2) is 11.6 Å². The Morgan fingerprint density at radius 2 is 2.54 bits per heavy atom. The van der Waals surface area contributed by atoms with Crippen LogP contribution >= 0.6 is 11.8 Å². The van der Waals surface area contributed by atoms with E-state index in [1.54, 1.807) is 0 Å². The minimum absolute atomic E-state index is 0.699. The van der Waals surface area contributed by atoms with Crippen molar-refractivity contribution in [1.82, 2.24) is 5.32 Å². The van der Waals surface area contributed by atoms with Gasteiger partial charge in [0.15, 0.2) is 0 Å². The molecule has 1 heterocycles. The topological polar surface area (TPSA) is 21.3 Å². The minimum Gasteiger partial charge on any atom is -0.377 e. The molecule has 0 amide bonds. The van der Waals surface area contributed by atoms with Gasteiger partial charge in [0, 0.05) is 18.3 Å². The van der Waals surface area contributed by atoms with Gasteiger partial charge in [-0.25, -0.2) is 0 Å². The molecule has 1 rings (SSSR count). The van der Waals surface area contributed by atoms with E-state index in [1.807, 2.05) is 11.8 Å². The molecule has 2 nitrogen and oxygen atoms in total. The number of thioether (sulfide) groups is 1. The van der Waals surface area contributed by atoms with Crippen molar-refractivity contribution in [3.8, 4) is 0 Å². The Bertz CT molecular complexity index is 170. The molecule has 0 radical (unpaired) electrons. The average molecular weight is 201 g/mol. The second kappa shape index (κ2) is 6.46. The molecule has 1 aliphatic heterocycles. The van der Waals surface area contributed by atoms with Crippen LogP contribution in [0.25, 0.3) is 0 Å². The average Bonchev–Trinajstić information content (AvgIpc) is 2.19. The molecule has 0 spiro atoms. The van der Waals surface area contributed by atoms with Gasteiger partial charge in [0.25, 0.3) is 0 Å². The minimum atomic E-state index is 0.699. The fourth-order valence-corrected chi connectivity index (χ4v) is 1.54. The molecule has 1 aliphatic rings. The summed E-state index contributed by atoms with van der Waals surface area (Å²) < 4.78 is 5.35. The van der Waals surface area contributed by atoms with E-state index in [9.17, 15) is 0 Å². The fraction of sp³-hybridized carbons (Fsp3) is 0.800. The van der Waals surface area contributed by atoms with Crippen molar-refractivity contribution in [3.05, 3.63) is 11.6 Å². The standard InChI is InChI=1S/C10H19NOS/c1-9(13-2)6-11-7-10-4-3-5-12-8-10/h4,9,11H,3,5-8H2,1-2H3. The second-order valence-corrected chi connectivity index (χ2v) is 4.66. The van der Waals surface area contributed by atoms with E-state index in [2.05, 4.69) is 24.6 Å². The van der Waals surface area contributed by atoms with Crippen LogP contribution in [-0.4, -0.2) is 37.8 Å². The maximum Gasteiger partial charge on any atom is 0.0689 e. The van der Waals surface area contributed by atoms with E-state index in [0.29, 0.717) is 5.25 Å².